The number of aromatic hydroxyl groups is 1. The summed E-state index contributed by atoms with van der Waals surface area (Å²) in [6.45, 7) is 4.63. The number of ether oxygens (including phenoxy) is 1. The molecule has 0 unspecified atom stereocenters. The Morgan fingerprint density at radius 1 is 1.35 bits per heavy atom. The monoisotopic (exact) mass is 376 g/mol. The number of aryl methyl sites for hydroxylation is 1. The molecule has 10 heteroatoms. The first-order chi connectivity index (χ1) is 12.5. The van der Waals surface area contributed by atoms with Crippen molar-refractivity contribution in [3.05, 3.63) is 50.6 Å². The zero-order chi connectivity index (χ0) is 18.3. The molecule has 1 aliphatic heterocycles. The number of morpholine rings is 1. The van der Waals surface area contributed by atoms with Crippen molar-refractivity contribution in [3.63, 3.8) is 0 Å². The van der Waals surface area contributed by atoms with E-state index in [1.165, 1.54) is 32.9 Å². The third kappa shape index (κ3) is 2.91. The van der Waals surface area contributed by atoms with Gasteiger partial charge in [-0.25, -0.2) is 4.98 Å². The fourth-order valence-corrected chi connectivity index (χ4v) is 4.51. The number of fused-ring (bicyclic) bond motifs is 1. The molecule has 1 aromatic carbocycles. The van der Waals surface area contributed by atoms with E-state index in [2.05, 4.69) is 10.1 Å². The van der Waals surface area contributed by atoms with Crippen molar-refractivity contribution in [3.8, 4) is 5.88 Å². The van der Waals surface area contributed by atoms with Gasteiger partial charge < -0.3 is 14.7 Å². The topological polar surface area (TPSA) is 107 Å². The maximum atomic E-state index is 10.9. The number of nitro groups is 1. The lowest BCUT2D eigenvalue weighted by Gasteiger charge is -2.31. The van der Waals surface area contributed by atoms with Crippen LogP contribution in [0.4, 0.5) is 5.69 Å². The quantitative estimate of drug-likeness (QED) is 0.513. The Bertz CT molecular complexity index is 946. The number of quaternary nitrogens is 1. The highest BCUT2D eigenvalue weighted by molar-refractivity contribution is 7.17. The fraction of sp³-hybridized carbons (Fsp3) is 0.375. The summed E-state index contributed by atoms with van der Waals surface area (Å²) in [6.07, 6.45) is 0. The van der Waals surface area contributed by atoms with E-state index in [1.54, 1.807) is 19.1 Å². The van der Waals surface area contributed by atoms with E-state index in [9.17, 15) is 15.2 Å². The van der Waals surface area contributed by atoms with E-state index in [0.717, 1.165) is 23.5 Å². The Kier molecular flexibility index (Phi) is 4.31. The molecule has 2 N–H and O–H groups in total. The van der Waals surface area contributed by atoms with Crippen LogP contribution < -0.4 is 4.90 Å². The van der Waals surface area contributed by atoms with E-state index < -0.39 is 4.92 Å². The van der Waals surface area contributed by atoms with Crippen LogP contribution >= 0.6 is 11.3 Å². The van der Waals surface area contributed by atoms with Crippen molar-refractivity contribution in [2.75, 3.05) is 26.3 Å². The number of hydrogen-bond donors (Lipinski definition) is 2. The van der Waals surface area contributed by atoms with Crippen molar-refractivity contribution >= 4 is 22.0 Å². The van der Waals surface area contributed by atoms with Gasteiger partial charge in [-0.15, -0.1) is 5.10 Å². The summed E-state index contributed by atoms with van der Waals surface area (Å²) in [4.78, 5) is 17.5. The van der Waals surface area contributed by atoms with Crippen LogP contribution in [0.2, 0.25) is 0 Å². The lowest BCUT2D eigenvalue weighted by molar-refractivity contribution is -0.932. The van der Waals surface area contributed by atoms with Crippen molar-refractivity contribution < 1.29 is 19.7 Å². The molecule has 1 aliphatic rings. The van der Waals surface area contributed by atoms with Gasteiger partial charge in [-0.2, -0.15) is 4.52 Å². The van der Waals surface area contributed by atoms with E-state index >= 15 is 0 Å². The number of nitrogens with zero attached hydrogens (tertiary/aromatic N) is 4. The Hall–Kier alpha value is -2.56. The normalized spacial score (nSPS) is 16.8. The van der Waals surface area contributed by atoms with Crippen LogP contribution in [0.25, 0.3) is 4.96 Å². The van der Waals surface area contributed by atoms with Crippen molar-refractivity contribution in [1.82, 2.24) is 14.6 Å². The summed E-state index contributed by atoms with van der Waals surface area (Å²) in [7, 11) is 0. The Balaban J connectivity index is 1.80. The van der Waals surface area contributed by atoms with Gasteiger partial charge in [-0.3, -0.25) is 10.1 Å². The van der Waals surface area contributed by atoms with Crippen LogP contribution in [0.15, 0.2) is 24.3 Å². The third-order valence-corrected chi connectivity index (χ3v) is 5.63. The lowest BCUT2D eigenvalue weighted by Crippen LogP contribution is -3.14. The number of aromatic nitrogens is 3. The van der Waals surface area contributed by atoms with Crippen molar-refractivity contribution in [1.29, 1.82) is 0 Å². The van der Waals surface area contributed by atoms with Crippen LogP contribution in [0.1, 0.15) is 22.3 Å². The first-order valence-electron chi connectivity index (χ1n) is 8.26. The van der Waals surface area contributed by atoms with Gasteiger partial charge in [0.2, 0.25) is 10.8 Å². The molecule has 4 rings (SSSR count). The second-order valence-electron chi connectivity index (χ2n) is 6.20. The fourth-order valence-electron chi connectivity index (χ4n) is 3.32. The third-order valence-electron chi connectivity index (χ3n) is 4.55. The molecule has 0 spiro atoms. The van der Waals surface area contributed by atoms with Gasteiger partial charge in [-0.1, -0.05) is 11.3 Å². The number of benzene rings is 1. The molecule has 3 heterocycles. The van der Waals surface area contributed by atoms with Gasteiger partial charge >= 0.3 is 0 Å². The van der Waals surface area contributed by atoms with E-state index in [-0.39, 0.29) is 17.6 Å². The number of thiazole rings is 1. The molecule has 0 radical (unpaired) electrons. The molecule has 1 saturated heterocycles. The number of non-ortho nitro benzene ring substituents is 1. The first kappa shape index (κ1) is 16.9. The number of rotatable bonds is 4. The number of nitrogens with one attached hydrogen (secondary N) is 1. The number of hydrogen-bond acceptors (Lipinski definition) is 7. The van der Waals surface area contributed by atoms with E-state index in [0.29, 0.717) is 24.0 Å². The minimum Gasteiger partial charge on any atom is -0.492 e. The summed E-state index contributed by atoms with van der Waals surface area (Å²) in [6, 6.07) is 6.35. The second kappa shape index (κ2) is 6.63. The van der Waals surface area contributed by atoms with E-state index in [1.807, 2.05) is 0 Å². The molecule has 0 bridgehead atoms. The first-order valence-corrected chi connectivity index (χ1v) is 9.08. The van der Waals surface area contributed by atoms with Gasteiger partial charge in [0, 0.05) is 17.7 Å². The summed E-state index contributed by atoms with van der Waals surface area (Å²) in [5.41, 5.74) is 0.955. The molecule has 0 aliphatic carbocycles. The van der Waals surface area contributed by atoms with Gasteiger partial charge in [0.05, 0.1) is 18.1 Å². The van der Waals surface area contributed by atoms with E-state index in [4.69, 9.17) is 4.74 Å². The Labute approximate surface area is 152 Å². The zero-order valence-electron chi connectivity index (χ0n) is 14.1. The summed E-state index contributed by atoms with van der Waals surface area (Å²) < 4.78 is 6.91. The summed E-state index contributed by atoms with van der Waals surface area (Å²) >= 11 is 1.40. The maximum Gasteiger partial charge on any atom is 0.269 e. The van der Waals surface area contributed by atoms with Crippen LogP contribution in [-0.2, 0) is 4.74 Å². The summed E-state index contributed by atoms with van der Waals surface area (Å²) in [5.74, 6) is 0.677. The largest absolute Gasteiger partial charge is 0.492 e. The zero-order valence-corrected chi connectivity index (χ0v) is 14.9. The highest BCUT2D eigenvalue weighted by Crippen LogP contribution is 2.35. The molecular formula is C16H18N5O4S+. The molecule has 136 valence electrons. The Morgan fingerprint density at radius 2 is 2.04 bits per heavy atom. The second-order valence-corrected chi connectivity index (χ2v) is 7.20. The molecule has 1 atom stereocenters. The SMILES string of the molecule is Cc1nc2sc([C@@H](c3ccc([N+](=O)[O-])cc3)[NH+]3CCOCC3)c(O)n2n1. The Morgan fingerprint density at radius 3 is 2.65 bits per heavy atom. The highest BCUT2D eigenvalue weighted by Gasteiger charge is 2.34. The molecule has 0 saturated carbocycles. The van der Waals surface area contributed by atoms with Crippen LogP contribution in [-0.4, -0.2) is 50.9 Å². The average Bonchev–Trinajstić information content (AvgIpc) is 3.14. The number of nitro benzene ring substituents is 1. The standard InChI is InChI=1S/C16H17N5O4S/c1-10-17-16-20(18-10)15(22)14(26-16)13(19-6-8-25-9-7-19)11-2-4-12(5-3-11)21(23)24/h2-5,13,22H,6-9H2,1H3/p+1/t13-/m1/s1. The van der Waals surface area contributed by atoms with Gasteiger partial charge in [0.15, 0.2) is 6.04 Å². The van der Waals surface area contributed by atoms with Crippen LogP contribution in [0.5, 0.6) is 5.88 Å². The average molecular weight is 376 g/mol. The van der Waals surface area contributed by atoms with Gasteiger partial charge in [0.25, 0.3) is 5.69 Å². The van der Waals surface area contributed by atoms with Crippen LogP contribution in [0.3, 0.4) is 0 Å². The molecule has 9 nitrogen and oxygen atoms in total. The summed E-state index contributed by atoms with van der Waals surface area (Å²) in [5, 5.41) is 25.9. The minimum absolute atomic E-state index is 0.0481. The molecule has 0 amide bonds. The molecule has 26 heavy (non-hydrogen) atoms. The maximum absolute atomic E-state index is 10.9. The smallest absolute Gasteiger partial charge is 0.269 e. The van der Waals surface area contributed by atoms with Gasteiger partial charge in [0.1, 0.15) is 23.8 Å². The molecular weight excluding hydrogens is 358 g/mol. The van der Waals surface area contributed by atoms with Crippen molar-refractivity contribution in [2.24, 2.45) is 0 Å². The molecule has 2 aromatic heterocycles. The van der Waals surface area contributed by atoms with Gasteiger partial charge in [-0.05, 0) is 19.1 Å². The van der Waals surface area contributed by atoms with Crippen molar-refractivity contribution in [2.45, 2.75) is 13.0 Å². The molecule has 1 fully saturated rings. The minimum atomic E-state index is -0.413. The lowest BCUT2D eigenvalue weighted by atomic mass is 10.0. The molecule has 3 aromatic rings. The highest BCUT2D eigenvalue weighted by atomic mass is 32.1. The predicted octanol–water partition coefficient (Wildman–Crippen LogP) is 0.718. The predicted molar refractivity (Wildman–Crippen MR) is 93.7 cm³/mol. The van der Waals surface area contributed by atoms with Crippen LogP contribution in [0, 0.1) is 17.0 Å².